The Labute approximate surface area is 71.3 Å². The van der Waals surface area contributed by atoms with Crippen molar-refractivity contribution in [2.45, 2.75) is 0 Å². The molecule has 0 unspecified atom stereocenters. The summed E-state index contributed by atoms with van der Waals surface area (Å²) in [5.41, 5.74) is 0. The summed E-state index contributed by atoms with van der Waals surface area (Å²) in [5.74, 6) is 0. The van der Waals surface area contributed by atoms with Gasteiger partial charge in [-0.25, -0.2) is 0 Å². The summed E-state index contributed by atoms with van der Waals surface area (Å²) in [6.45, 7) is 0. The van der Waals surface area contributed by atoms with Gasteiger partial charge in [0.1, 0.15) is 0 Å². The molecule has 0 saturated heterocycles. The molecular formula is H3AlCuMoNi. The molecule has 0 aliphatic rings. The average Bonchev–Trinajstić information content (AvgIpc) is 0. The van der Waals surface area contributed by atoms with Crippen LogP contribution in [0.25, 0.3) is 0 Å². The number of rotatable bonds is 0. The SMILES string of the molecule is [AlH3].[Cu].[Mo].[Ni]. The molecule has 0 bridgehead atoms. The fraction of sp³-hybridized carbons (Fsp3) is 0. The van der Waals surface area contributed by atoms with E-state index in [0.29, 0.717) is 0 Å². The summed E-state index contributed by atoms with van der Waals surface area (Å²) < 4.78 is 0. The molecule has 0 nitrogen and oxygen atoms in total. The Balaban J connectivity index is 0. The molecule has 0 amide bonds. The third kappa shape index (κ3) is 8.87. The van der Waals surface area contributed by atoms with Crippen molar-refractivity contribution in [3.8, 4) is 0 Å². The van der Waals surface area contributed by atoms with Gasteiger partial charge in [0.15, 0.2) is 17.4 Å². The van der Waals surface area contributed by atoms with Gasteiger partial charge in [0, 0.05) is 54.6 Å². The van der Waals surface area contributed by atoms with Crippen LogP contribution < -0.4 is 0 Å². The van der Waals surface area contributed by atoms with Crippen LogP contribution in [0.5, 0.6) is 0 Å². The Hall–Kier alpha value is 2.23. The molecule has 33 valence electrons. The van der Waals surface area contributed by atoms with Crippen LogP contribution in [-0.4, -0.2) is 17.4 Å². The van der Waals surface area contributed by atoms with Gasteiger partial charge in [0.25, 0.3) is 0 Å². The molecule has 0 saturated carbocycles. The second kappa shape index (κ2) is 18.8. The predicted molar refractivity (Wildman–Crippen MR) is 9.94 cm³/mol. The average molecular weight is 248 g/mol. The molecule has 0 aromatic carbocycles. The zero-order chi connectivity index (χ0) is 0. The van der Waals surface area contributed by atoms with E-state index in [-0.39, 0.29) is 72.0 Å². The van der Waals surface area contributed by atoms with E-state index in [1.165, 1.54) is 0 Å². The maximum absolute atomic E-state index is 0. The van der Waals surface area contributed by atoms with Crippen LogP contribution in [0, 0.1) is 0 Å². The molecular weight excluding hydrogens is 245 g/mol. The Morgan fingerprint density at radius 1 is 1.00 bits per heavy atom. The van der Waals surface area contributed by atoms with E-state index in [1.807, 2.05) is 0 Å². The zero-order valence-electron chi connectivity index (χ0n) is 1.03. The molecule has 0 aliphatic carbocycles. The first kappa shape index (κ1) is 34.2. The van der Waals surface area contributed by atoms with Crippen LogP contribution in [0.3, 0.4) is 0 Å². The van der Waals surface area contributed by atoms with E-state index >= 15 is 0 Å². The first-order valence-corrected chi connectivity index (χ1v) is 0. The Kier molecular flexibility index (Phi) is 161. The van der Waals surface area contributed by atoms with Gasteiger partial charge in [0.2, 0.25) is 0 Å². The first-order chi connectivity index (χ1) is 0. The quantitative estimate of drug-likeness (QED) is 0.473. The summed E-state index contributed by atoms with van der Waals surface area (Å²) in [6.07, 6.45) is 0. The van der Waals surface area contributed by atoms with Crippen LogP contribution in [0.15, 0.2) is 0 Å². The van der Waals surface area contributed by atoms with Gasteiger partial charge in [-0.05, 0) is 0 Å². The molecule has 0 aromatic rings. The normalized spacial score (nSPS) is 0. The van der Waals surface area contributed by atoms with E-state index in [1.54, 1.807) is 0 Å². The Morgan fingerprint density at radius 3 is 1.00 bits per heavy atom. The fourth-order valence-electron chi connectivity index (χ4n) is 0. The maximum Gasteiger partial charge on any atom is 0.187 e. The minimum absolute atomic E-state index is 0. The van der Waals surface area contributed by atoms with Crippen LogP contribution in [0.2, 0.25) is 0 Å². The molecule has 1 radical (unpaired) electrons. The summed E-state index contributed by atoms with van der Waals surface area (Å²) in [6, 6.07) is 0. The Bertz CT molecular complexity index is 8.00. The molecule has 0 aromatic heterocycles. The van der Waals surface area contributed by atoms with E-state index in [2.05, 4.69) is 0 Å². The van der Waals surface area contributed by atoms with Gasteiger partial charge >= 0.3 is 0 Å². The first-order valence-electron chi connectivity index (χ1n) is 0. The van der Waals surface area contributed by atoms with E-state index in [9.17, 15) is 0 Å². The Morgan fingerprint density at radius 2 is 1.00 bits per heavy atom. The molecule has 0 N–H and O–H groups in total. The van der Waals surface area contributed by atoms with Crippen LogP contribution in [0.4, 0.5) is 0 Å². The molecule has 4 heavy (non-hydrogen) atoms. The third-order valence-corrected chi connectivity index (χ3v) is 0. The van der Waals surface area contributed by atoms with Crippen LogP contribution >= 0.6 is 0 Å². The summed E-state index contributed by atoms with van der Waals surface area (Å²) >= 11 is 0. The maximum atomic E-state index is 0. The van der Waals surface area contributed by atoms with Crippen molar-refractivity contribution >= 4 is 17.4 Å². The minimum atomic E-state index is 0. The second-order valence-electron chi connectivity index (χ2n) is 0. The molecule has 0 atom stereocenters. The van der Waals surface area contributed by atoms with E-state index in [4.69, 9.17) is 0 Å². The summed E-state index contributed by atoms with van der Waals surface area (Å²) in [5, 5.41) is 0. The smallest absolute Gasteiger partial charge is 0 e. The van der Waals surface area contributed by atoms with Crippen molar-refractivity contribution in [1.82, 2.24) is 0 Å². The molecule has 0 fully saturated rings. The molecule has 0 heterocycles. The van der Waals surface area contributed by atoms with Crippen molar-refractivity contribution in [3.63, 3.8) is 0 Å². The zero-order valence-corrected chi connectivity index (χ0v) is 4.96. The predicted octanol–water partition coefficient (Wildman–Crippen LogP) is -1.19. The van der Waals surface area contributed by atoms with Gasteiger partial charge in [-0.2, -0.15) is 0 Å². The van der Waals surface area contributed by atoms with Crippen molar-refractivity contribution in [3.05, 3.63) is 0 Å². The summed E-state index contributed by atoms with van der Waals surface area (Å²) in [7, 11) is 0. The summed E-state index contributed by atoms with van der Waals surface area (Å²) in [4.78, 5) is 0. The van der Waals surface area contributed by atoms with Gasteiger partial charge < -0.3 is 0 Å². The molecule has 0 aliphatic heterocycles. The van der Waals surface area contributed by atoms with E-state index < -0.39 is 0 Å². The van der Waals surface area contributed by atoms with Crippen molar-refractivity contribution in [1.29, 1.82) is 0 Å². The fourth-order valence-corrected chi connectivity index (χ4v) is 0. The third-order valence-electron chi connectivity index (χ3n) is 0. The standard InChI is InChI=1S/Al.Cu.Mo.Ni.3H. The van der Waals surface area contributed by atoms with Crippen molar-refractivity contribution in [2.24, 2.45) is 0 Å². The molecule has 4 heteroatoms. The van der Waals surface area contributed by atoms with Crippen LogP contribution in [-0.2, 0) is 54.6 Å². The minimum Gasteiger partial charge on any atom is 0 e. The van der Waals surface area contributed by atoms with Gasteiger partial charge in [-0.3, -0.25) is 0 Å². The van der Waals surface area contributed by atoms with Gasteiger partial charge in [-0.1, -0.05) is 0 Å². The van der Waals surface area contributed by atoms with Gasteiger partial charge in [0.05, 0.1) is 0 Å². The monoisotopic (exact) mass is 249 g/mol. The second-order valence-corrected chi connectivity index (χ2v) is 0. The number of hydrogen-bond acceptors (Lipinski definition) is 0. The van der Waals surface area contributed by atoms with Gasteiger partial charge in [-0.15, -0.1) is 0 Å². The topological polar surface area (TPSA) is 0 Å². The van der Waals surface area contributed by atoms with Crippen molar-refractivity contribution in [2.75, 3.05) is 0 Å². The van der Waals surface area contributed by atoms with E-state index in [0.717, 1.165) is 0 Å². The molecule has 0 rings (SSSR count). The molecule has 0 spiro atoms. The van der Waals surface area contributed by atoms with Crippen molar-refractivity contribution < 1.29 is 54.6 Å². The van der Waals surface area contributed by atoms with Crippen LogP contribution in [0.1, 0.15) is 0 Å². The number of hydrogen-bond donors (Lipinski definition) is 0. The largest absolute Gasteiger partial charge is 0.187 e.